The van der Waals surface area contributed by atoms with Crippen LogP contribution in [0.1, 0.15) is 15.9 Å². The fourth-order valence-corrected chi connectivity index (χ4v) is 2.18. The van der Waals surface area contributed by atoms with Gasteiger partial charge in [-0.1, -0.05) is 30.0 Å². The molecule has 0 atom stereocenters. The van der Waals surface area contributed by atoms with Gasteiger partial charge in [-0.05, 0) is 36.4 Å². The molecule has 0 saturated carbocycles. The molecule has 0 saturated heterocycles. The average Bonchev–Trinajstić information content (AvgIpc) is 2.91. The second-order valence-corrected chi connectivity index (χ2v) is 4.55. The van der Waals surface area contributed by atoms with Gasteiger partial charge in [0, 0.05) is 28.2 Å². The molecule has 0 aliphatic rings. The molecule has 3 aromatic rings. The lowest BCUT2D eigenvalue weighted by Crippen LogP contribution is -1.93. The Bertz CT molecular complexity index is 804. The van der Waals surface area contributed by atoms with Crippen molar-refractivity contribution in [3.63, 3.8) is 0 Å². The van der Waals surface area contributed by atoms with Crippen LogP contribution in [0.4, 0.5) is 0 Å². The predicted molar refractivity (Wildman–Crippen MR) is 80.6 cm³/mol. The summed E-state index contributed by atoms with van der Waals surface area (Å²) in [4.78, 5) is 10.8. The standard InChI is InChI=1S/C18H13NO/c20-14-16-8-9-18-17(13-16)10-12-19(18)11-4-7-15-5-2-1-3-6-15/h1-3,5-6,8-10,12-14H,11H2. The molecule has 3 rings (SSSR count). The van der Waals surface area contributed by atoms with Crippen LogP contribution in [-0.2, 0) is 6.54 Å². The van der Waals surface area contributed by atoms with E-state index in [2.05, 4.69) is 16.4 Å². The fraction of sp³-hybridized carbons (Fsp3) is 0.0556. The molecule has 0 fully saturated rings. The molecular weight excluding hydrogens is 246 g/mol. The highest BCUT2D eigenvalue weighted by Crippen LogP contribution is 2.16. The topological polar surface area (TPSA) is 22.0 Å². The van der Waals surface area contributed by atoms with Crippen LogP contribution in [0.25, 0.3) is 10.9 Å². The first-order valence-electron chi connectivity index (χ1n) is 6.45. The average molecular weight is 259 g/mol. The van der Waals surface area contributed by atoms with E-state index in [1.54, 1.807) is 0 Å². The molecule has 0 unspecified atom stereocenters. The van der Waals surface area contributed by atoms with E-state index in [1.807, 2.05) is 60.8 Å². The van der Waals surface area contributed by atoms with E-state index < -0.39 is 0 Å². The van der Waals surface area contributed by atoms with Crippen molar-refractivity contribution in [3.05, 3.63) is 71.9 Å². The minimum Gasteiger partial charge on any atom is -0.336 e. The largest absolute Gasteiger partial charge is 0.336 e. The SMILES string of the molecule is O=Cc1ccc2c(ccn2CC#Cc2ccccc2)c1. The van der Waals surface area contributed by atoms with E-state index in [4.69, 9.17) is 0 Å². The Morgan fingerprint density at radius 3 is 2.70 bits per heavy atom. The first kappa shape index (κ1) is 12.3. The van der Waals surface area contributed by atoms with Crippen LogP contribution in [0.2, 0.25) is 0 Å². The van der Waals surface area contributed by atoms with Gasteiger partial charge in [-0.15, -0.1) is 0 Å². The minimum atomic E-state index is 0.638. The molecule has 96 valence electrons. The molecule has 0 bridgehead atoms. The van der Waals surface area contributed by atoms with Crippen LogP contribution in [0.15, 0.2) is 60.8 Å². The van der Waals surface area contributed by atoms with Crippen molar-refractivity contribution in [1.82, 2.24) is 4.57 Å². The van der Waals surface area contributed by atoms with Gasteiger partial charge in [0.25, 0.3) is 0 Å². The number of fused-ring (bicyclic) bond motifs is 1. The van der Waals surface area contributed by atoms with Gasteiger partial charge in [-0.2, -0.15) is 0 Å². The fourth-order valence-electron chi connectivity index (χ4n) is 2.18. The molecule has 0 N–H and O–H groups in total. The summed E-state index contributed by atoms with van der Waals surface area (Å²) >= 11 is 0. The molecule has 2 nitrogen and oxygen atoms in total. The number of hydrogen-bond donors (Lipinski definition) is 0. The Hall–Kier alpha value is -2.79. The summed E-state index contributed by atoms with van der Waals surface area (Å²) < 4.78 is 2.08. The number of rotatable bonds is 2. The summed E-state index contributed by atoms with van der Waals surface area (Å²) in [6.45, 7) is 0.638. The molecule has 1 aromatic heterocycles. The smallest absolute Gasteiger partial charge is 0.150 e. The number of aromatic nitrogens is 1. The molecule has 2 aromatic carbocycles. The molecule has 20 heavy (non-hydrogen) atoms. The van der Waals surface area contributed by atoms with Gasteiger partial charge in [0.05, 0.1) is 6.54 Å². The Labute approximate surface area is 117 Å². The highest BCUT2D eigenvalue weighted by atomic mass is 16.1. The Morgan fingerprint density at radius 1 is 1.05 bits per heavy atom. The Kier molecular flexibility index (Phi) is 3.34. The van der Waals surface area contributed by atoms with Crippen LogP contribution in [0.3, 0.4) is 0 Å². The van der Waals surface area contributed by atoms with Crippen molar-refractivity contribution in [3.8, 4) is 11.8 Å². The van der Waals surface area contributed by atoms with E-state index in [9.17, 15) is 4.79 Å². The first-order valence-corrected chi connectivity index (χ1v) is 6.45. The van der Waals surface area contributed by atoms with Crippen molar-refractivity contribution in [2.45, 2.75) is 6.54 Å². The minimum absolute atomic E-state index is 0.638. The maximum absolute atomic E-state index is 10.8. The molecule has 0 amide bonds. The number of nitrogens with zero attached hydrogens (tertiary/aromatic N) is 1. The zero-order valence-corrected chi connectivity index (χ0v) is 10.9. The van der Waals surface area contributed by atoms with E-state index in [-0.39, 0.29) is 0 Å². The summed E-state index contributed by atoms with van der Waals surface area (Å²) in [5.41, 5.74) is 2.82. The summed E-state index contributed by atoms with van der Waals surface area (Å²) in [5, 5.41) is 1.07. The molecule has 0 aliphatic heterocycles. The number of aldehydes is 1. The van der Waals surface area contributed by atoms with Gasteiger partial charge in [-0.25, -0.2) is 0 Å². The monoisotopic (exact) mass is 259 g/mol. The van der Waals surface area contributed by atoms with Crippen molar-refractivity contribution in [2.24, 2.45) is 0 Å². The lowest BCUT2D eigenvalue weighted by molar-refractivity contribution is 0.112. The highest BCUT2D eigenvalue weighted by Gasteiger charge is 2.00. The van der Waals surface area contributed by atoms with Crippen LogP contribution in [0.5, 0.6) is 0 Å². The van der Waals surface area contributed by atoms with E-state index in [0.29, 0.717) is 12.1 Å². The first-order chi connectivity index (χ1) is 9.86. The maximum atomic E-state index is 10.8. The third-order valence-corrected chi connectivity index (χ3v) is 3.19. The van der Waals surface area contributed by atoms with E-state index in [1.165, 1.54) is 0 Å². The van der Waals surface area contributed by atoms with Gasteiger partial charge in [0.15, 0.2) is 0 Å². The lowest BCUT2D eigenvalue weighted by Gasteiger charge is -1.99. The Balaban J connectivity index is 1.85. The van der Waals surface area contributed by atoms with Crippen molar-refractivity contribution >= 4 is 17.2 Å². The summed E-state index contributed by atoms with van der Waals surface area (Å²) in [6.07, 6.45) is 2.87. The van der Waals surface area contributed by atoms with E-state index >= 15 is 0 Å². The molecule has 0 aliphatic carbocycles. The van der Waals surface area contributed by atoms with Crippen LogP contribution >= 0.6 is 0 Å². The van der Waals surface area contributed by atoms with Gasteiger partial charge < -0.3 is 4.57 Å². The zero-order valence-electron chi connectivity index (χ0n) is 10.9. The molecule has 2 heteroatoms. The second kappa shape index (κ2) is 5.46. The molecule has 0 radical (unpaired) electrons. The quantitative estimate of drug-likeness (QED) is 0.510. The predicted octanol–water partition coefficient (Wildman–Crippen LogP) is 3.51. The zero-order chi connectivity index (χ0) is 13.8. The summed E-state index contributed by atoms with van der Waals surface area (Å²) in [6, 6.07) is 17.6. The van der Waals surface area contributed by atoms with Crippen LogP contribution in [-0.4, -0.2) is 10.9 Å². The summed E-state index contributed by atoms with van der Waals surface area (Å²) in [5.74, 6) is 6.31. The molecular formula is C18H13NO. The van der Waals surface area contributed by atoms with Crippen molar-refractivity contribution in [2.75, 3.05) is 0 Å². The third kappa shape index (κ3) is 2.48. The van der Waals surface area contributed by atoms with Gasteiger partial charge in [0.2, 0.25) is 0 Å². The van der Waals surface area contributed by atoms with Gasteiger partial charge in [-0.3, -0.25) is 4.79 Å². The summed E-state index contributed by atoms with van der Waals surface area (Å²) in [7, 11) is 0. The molecule has 0 spiro atoms. The van der Waals surface area contributed by atoms with Crippen LogP contribution < -0.4 is 0 Å². The van der Waals surface area contributed by atoms with Crippen molar-refractivity contribution < 1.29 is 4.79 Å². The number of benzene rings is 2. The second-order valence-electron chi connectivity index (χ2n) is 4.55. The van der Waals surface area contributed by atoms with Gasteiger partial charge >= 0.3 is 0 Å². The van der Waals surface area contributed by atoms with Crippen molar-refractivity contribution in [1.29, 1.82) is 0 Å². The van der Waals surface area contributed by atoms with Crippen LogP contribution in [0, 0.1) is 11.8 Å². The third-order valence-electron chi connectivity index (χ3n) is 3.19. The number of hydrogen-bond acceptors (Lipinski definition) is 1. The highest BCUT2D eigenvalue weighted by molar-refractivity contribution is 5.87. The maximum Gasteiger partial charge on any atom is 0.150 e. The van der Waals surface area contributed by atoms with Gasteiger partial charge in [0.1, 0.15) is 6.29 Å². The van der Waals surface area contributed by atoms with E-state index in [0.717, 1.165) is 22.8 Å². The number of carbonyl (C=O) groups is 1. The Morgan fingerprint density at radius 2 is 1.90 bits per heavy atom. The number of carbonyl (C=O) groups excluding carboxylic acids is 1. The normalized spacial score (nSPS) is 10.0. The lowest BCUT2D eigenvalue weighted by atomic mass is 10.2. The molecule has 1 heterocycles.